The first-order valence-corrected chi connectivity index (χ1v) is 24.7. The van der Waals surface area contributed by atoms with Gasteiger partial charge in [0.1, 0.15) is 0 Å². The van der Waals surface area contributed by atoms with Crippen molar-refractivity contribution in [1.29, 1.82) is 0 Å². The van der Waals surface area contributed by atoms with E-state index < -0.39 is 0 Å². The molecule has 0 amide bonds. The molecule has 0 unspecified atom stereocenters. The highest BCUT2D eigenvalue weighted by atomic mass is 79.9. The maximum atomic E-state index is 5.07. The first-order valence-electron chi connectivity index (χ1n) is 23.1. The number of pyridine rings is 2. The van der Waals surface area contributed by atoms with Gasteiger partial charge in [-0.1, -0.05) is 179 Å². The molecule has 3 heterocycles. The van der Waals surface area contributed by atoms with Crippen molar-refractivity contribution in [1.82, 2.24) is 9.97 Å². The highest BCUT2D eigenvalue weighted by Gasteiger charge is 2.35. The van der Waals surface area contributed by atoms with Crippen molar-refractivity contribution < 1.29 is 4.74 Å². The molecule has 2 aliphatic carbocycles. The van der Waals surface area contributed by atoms with Crippen molar-refractivity contribution in [2.45, 2.75) is 38.5 Å². The Bertz CT molecular complexity index is 3460. The van der Waals surface area contributed by atoms with E-state index >= 15 is 0 Å². The predicted octanol–water partition coefficient (Wildman–Crippen LogP) is 17.3. The summed E-state index contributed by atoms with van der Waals surface area (Å²) in [5.41, 5.74) is 22.1. The van der Waals surface area contributed by atoms with Crippen molar-refractivity contribution in [2.24, 2.45) is 0 Å². The molecule has 3 aliphatic rings. The third-order valence-corrected chi connectivity index (χ3v) is 14.5. The van der Waals surface area contributed by atoms with Gasteiger partial charge in [0, 0.05) is 49.5 Å². The van der Waals surface area contributed by atoms with Crippen LogP contribution in [0.4, 0.5) is 0 Å². The lowest BCUT2D eigenvalue weighted by Crippen LogP contribution is -2.14. The Balaban J connectivity index is 0.000000134. The fourth-order valence-corrected chi connectivity index (χ4v) is 10.8. The standard InChI is InChI=1S/C30H22BrN.C28H18BrN.C4H8O/c1-30(2)26-11-7-6-10-22(26)23-14-12-20(16-27(23)30)29-18-24(19-8-4-3-5-9-19)25-17-21(31)13-15-28(25)32-29;29-22-11-13-27-26(16-22)25(18-6-2-1-3-7-18)17-28(30-27)20-10-12-24-21(15-20)14-19-8-4-5-9-23(19)24;1-2-4-5-3-1/h3-18H,1-2H3;1-13,15-17H,14H2;1-4H2. The minimum Gasteiger partial charge on any atom is -0.381 e. The Morgan fingerprint density at radius 1 is 0.403 bits per heavy atom. The molecule has 1 saturated heterocycles. The number of rotatable bonds is 4. The zero-order valence-electron chi connectivity index (χ0n) is 37.6. The predicted molar refractivity (Wildman–Crippen MR) is 286 cm³/mol. The third-order valence-electron chi connectivity index (χ3n) is 13.5. The van der Waals surface area contributed by atoms with Crippen LogP contribution in [0.3, 0.4) is 0 Å². The maximum absolute atomic E-state index is 5.07. The normalized spacial score (nSPS) is 13.7. The van der Waals surface area contributed by atoms with E-state index in [2.05, 4.69) is 240 Å². The lowest BCUT2D eigenvalue weighted by molar-refractivity contribution is 0.198. The summed E-state index contributed by atoms with van der Waals surface area (Å²) in [6.45, 7) is 6.64. The van der Waals surface area contributed by atoms with E-state index in [0.717, 1.165) is 67.3 Å². The number of nitrogens with zero attached hydrogens (tertiary/aromatic N) is 2. The largest absolute Gasteiger partial charge is 0.381 e. The van der Waals surface area contributed by atoms with E-state index in [1.807, 2.05) is 0 Å². The fraction of sp³-hybridized carbons (Fsp3) is 0.129. The van der Waals surface area contributed by atoms with Gasteiger partial charge in [0.2, 0.25) is 0 Å². The molecule has 0 saturated carbocycles. The van der Waals surface area contributed by atoms with E-state index in [0.29, 0.717) is 0 Å². The second kappa shape index (κ2) is 18.3. The second-order valence-electron chi connectivity index (χ2n) is 18.1. The Labute approximate surface area is 409 Å². The van der Waals surface area contributed by atoms with E-state index in [4.69, 9.17) is 14.7 Å². The summed E-state index contributed by atoms with van der Waals surface area (Å²) in [5.74, 6) is 0. The summed E-state index contributed by atoms with van der Waals surface area (Å²) in [6, 6.07) is 69.4. The highest BCUT2D eigenvalue weighted by molar-refractivity contribution is 9.10. The van der Waals surface area contributed by atoms with Gasteiger partial charge in [-0.25, -0.2) is 9.97 Å². The quantitative estimate of drug-likeness (QED) is 0.176. The lowest BCUT2D eigenvalue weighted by Gasteiger charge is -2.22. The molecule has 0 N–H and O–H groups in total. The SMILES string of the molecule is Brc1ccc2nc(-c3ccc4c(c3)Cc3ccccc3-4)cc(-c3ccccc3)c2c1.C1CCOC1.CC1(C)c2ccccc2-c2ccc(-c3cc(-c4ccccc4)c4cc(Br)ccc4n3)cc21. The van der Waals surface area contributed by atoms with Crippen LogP contribution in [0, 0.1) is 0 Å². The molecule has 1 fully saturated rings. The monoisotopic (exact) mass is 994 g/mol. The molecule has 326 valence electrons. The van der Waals surface area contributed by atoms with E-state index in [-0.39, 0.29) is 5.41 Å². The summed E-state index contributed by atoms with van der Waals surface area (Å²) in [6.07, 6.45) is 3.55. The van der Waals surface area contributed by atoms with Gasteiger partial charge >= 0.3 is 0 Å². The lowest BCUT2D eigenvalue weighted by atomic mass is 9.82. The van der Waals surface area contributed by atoms with Gasteiger partial charge in [-0.2, -0.15) is 0 Å². The first-order chi connectivity index (χ1) is 32.8. The molecule has 0 bridgehead atoms. The van der Waals surface area contributed by atoms with Crippen molar-refractivity contribution >= 4 is 53.7 Å². The van der Waals surface area contributed by atoms with Gasteiger partial charge < -0.3 is 4.74 Å². The van der Waals surface area contributed by atoms with Crippen LogP contribution >= 0.6 is 31.9 Å². The van der Waals surface area contributed by atoms with Gasteiger partial charge in [-0.3, -0.25) is 0 Å². The number of fused-ring (bicyclic) bond motifs is 8. The van der Waals surface area contributed by atoms with Crippen molar-refractivity contribution in [3.05, 3.63) is 225 Å². The van der Waals surface area contributed by atoms with Crippen LogP contribution in [0.2, 0.25) is 0 Å². The molecular formula is C62H48Br2N2O. The molecule has 0 atom stereocenters. The van der Waals surface area contributed by atoms with Crippen LogP contribution in [0.5, 0.6) is 0 Å². The van der Waals surface area contributed by atoms with Crippen LogP contribution < -0.4 is 0 Å². The van der Waals surface area contributed by atoms with Crippen molar-refractivity contribution in [3.8, 4) is 67.0 Å². The molecule has 0 spiro atoms. The Morgan fingerprint density at radius 3 is 1.48 bits per heavy atom. The summed E-state index contributed by atoms with van der Waals surface area (Å²) < 4.78 is 7.07. The Morgan fingerprint density at radius 2 is 0.896 bits per heavy atom. The number of halogens is 2. The van der Waals surface area contributed by atoms with Crippen LogP contribution in [-0.2, 0) is 16.6 Å². The van der Waals surface area contributed by atoms with Crippen LogP contribution in [0.15, 0.2) is 203 Å². The number of hydrogen-bond donors (Lipinski definition) is 0. The van der Waals surface area contributed by atoms with E-state index in [9.17, 15) is 0 Å². The molecule has 10 aromatic rings. The van der Waals surface area contributed by atoms with Gasteiger partial charge in [-0.15, -0.1) is 0 Å². The number of hydrogen-bond acceptors (Lipinski definition) is 3. The molecule has 5 heteroatoms. The minimum atomic E-state index is -0.0219. The Hall–Kier alpha value is -6.50. The Kier molecular flexibility index (Phi) is 11.8. The van der Waals surface area contributed by atoms with Gasteiger partial charge in [0.05, 0.1) is 22.4 Å². The molecule has 3 nitrogen and oxygen atoms in total. The molecule has 8 aromatic carbocycles. The molecule has 0 radical (unpaired) electrons. The average Bonchev–Trinajstić information content (AvgIpc) is 4.13. The summed E-state index contributed by atoms with van der Waals surface area (Å²) >= 11 is 7.26. The van der Waals surface area contributed by atoms with E-state index in [1.54, 1.807) is 0 Å². The minimum absolute atomic E-state index is 0.0219. The summed E-state index contributed by atoms with van der Waals surface area (Å²) in [4.78, 5) is 10.1. The zero-order valence-corrected chi connectivity index (χ0v) is 40.7. The van der Waals surface area contributed by atoms with Crippen molar-refractivity contribution in [3.63, 3.8) is 0 Å². The van der Waals surface area contributed by atoms with Gasteiger partial charge in [0.15, 0.2) is 0 Å². The van der Waals surface area contributed by atoms with Crippen LogP contribution in [0.25, 0.3) is 88.8 Å². The van der Waals surface area contributed by atoms with Crippen molar-refractivity contribution in [2.75, 3.05) is 13.2 Å². The van der Waals surface area contributed by atoms with Gasteiger partial charge in [0.25, 0.3) is 0 Å². The van der Waals surface area contributed by atoms with Gasteiger partial charge in [-0.05, 0) is 147 Å². The summed E-state index contributed by atoms with van der Waals surface area (Å²) in [7, 11) is 0. The number of aromatic nitrogens is 2. The summed E-state index contributed by atoms with van der Waals surface area (Å²) in [5, 5.41) is 2.32. The van der Waals surface area contributed by atoms with Crippen LogP contribution in [-0.4, -0.2) is 23.2 Å². The topological polar surface area (TPSA) is 35.0 Å². The number of benzene rings is 8. The zero-order chi connectivity index (χ0) is 45.5. The second-order valence-corrected chi connectivity index (χ2v) is 20.0. The highest BCUT2D eigenvalue weighted by Crippen LogP contribution is 2.50. The average molecular weight is 997 g/mol. The third kappa shape index (κ3) is 8.46. The molecule has 13 rings (SSSR count). The first kappa shape index (κ1) is 43.1. The maximum Gasteiger partial charge on any atom is 0.0716 e. The number of ether oxygens (including phenoxy) is 1. The molecular weight excluding hydrogens is 949 g/mol. The van der Waals surface area contributed by atoms with Crippen LogP contribution in [0.1, 0.15) is 48.9 Å². The smallest absolute Gasteiger partial charge is 0.0716 e. The fourth-order valence-electron chi connectivity index (χ4n) is 10.1. The molecule has 67 heavy (non-hydrogen) atoms. The molecule has 1 aliphatic heterocycles. The van der Waals surface area contributed by atoms with E-state index in [1.165, 1.54) is 85.2 Å². The molecule has 2 aromatic heterocycles.